The summed E-state index contributed by atoms with van der Waals surface area (Å²) in [6.07, 6.45) is 5.80. The number of hydrogen-bond donors (Lipinski definition) is 1. The fraction of sp³-hybridized carbons (Fsp3) is 0.533. The van der Waals surface area contributed by atoms with Crippen molar-refractivity contribution in [3.05, 3.63) is 29.3 Å². The van der Waals surface area contributed by atoms with Crippen molar-refractivity contribution < 1.29 is 0 Å². The van der Waals surface area contributed by atoms with E-state index in [2.05, 4.69) is 45.5 Å². The number of aromatic nitrogens is 4. The van der Waals surface area contributed by atoms with Crippen molar-refractivity contribution in [2.24, 2.45) is 0 Å². The van der Waals surface area contributed by atoms with Crippen molar-refractivity contribution in [3.63, 3.8) is 0 Å². The van der Waals surface area contributed by atoms with Crippen LogP contribution in [0.15, 0.2) is 24.5 Å². The van der Waals surface area contributed by atoms with Crippen LogP contribution in [0.4, 0.5) is 0 Å². The van der Waals surface area contributed by atoms with Crippen LogP contribution in [0.25, 0.3) is 11.4 Å². The van der Waals surface area contributed by atoms with Gasteiger partial charge in [-0.1, -0.05) is 0 Å². The lowest BCUT2D eigenvalue weighted by molar-refractivity contribution is 0.266. The van der Waals surface area contributed by atoms with Gasteiger partial charge in [-0.05, 0) is 64.6 Å². The largest absolute Gasteiger partial charge is 0.304 e. The summed E-state index contributed by atoms with van der Waals surface area (Å²) in [4.78, 5) is 6.50. The van der Waals surface area contributed by atoms with Crippen LogP contribution in [0.3, 0.4) is 0 Å². The third kappa shape index (κ3) is 4.22. The Bertz CT molecular complexity index is 602. The lowest BCUT2D eigenvalue weighted by atomic mass is 10.2. The number of pyridine rings is 1. The quantitative estimate of drug-likeness (QED) is 0.631. The molecule has 6 heteroatoms. The number of nitrogens with one attached hydrogen (secondary N) is 1. The highest BCUT2D eigenvalue weighted by Crippen LogP contribution is 2.16. The van der Waals surface area contributed by atoms with Crippen LogP contribution in [-0.4, -0.2) is 44.3 Å². The van der Waals surface area contributed by atoms with E-state index in [9.17, 15) is 0 Å². The molecule has 2 aromatic rings. The Hall–Kier alpha value is -1.53. The van der Waals surface area contributed by atoms with Gasteiger partial charge in [0.2, 0.25) is 0 Å². The Morgan fingerprint density at radius 2 is 2.19 bits per heavy atom. The van der Waals surface area contributed by atoms with E-state index < -0.39 is 0 Å². The molecule has 0 aromatic carbocycles. The van der Waals surface area contributed by atoms with Crippen LogP contribution < -0.4 is 0 Å². The zero-order chi connectivity index (χ0) is 15.2. The van der Waals surface area contributed by atoms with Crippen molar-refractivity contribution in [3.8, 4) is 11.4 Å². The van der Waals surface area contributed by atoms with Crippen molar-refractivity contribution in [2.75, 3.05) is 13.6 Å². The molecule has 2 rings (SSSR count). The number of nitrogens with zero attached hydrogens (tertiary/aromatic N) is 4. The van der Waals surface area contributed by atoms with E-state index in [-0.39, 0.29) is 0 Å². The topological polar surface area (TPSA) is 49.7 Å². The normalized spacial score (nSPS) is 11.5. The molecule has 0 spiro atoms. The summed E-state index contributed by atoms with van der Waals surface area (Å²) in [6, 6.07) is 4.50. The van der Waals surface area contributed by atoms with Crippen LogP contribution in [0, 0.1) is 4.77 Å². The molecule has 1 N–H and O–H groups in total. The van der Waals surface area contributed by atoms with E-state index in [1.54, 1.807) is 6.20 Å². The fourth-order valence-corrected chi connectivity index (χ4v) is 2.35. The second kappa shape index (κ2) is 7.47. The molecule has 0 aliphatic rings. The Balaban J connectivity index is 1.98. The second-order valence-electron chi connectivity index (χ2n) is 5.53. The molecule has 0 saturated heterocycles. The molecule has 5 nitrogen and oxygen atoms in total. The number of aromatic amines is 1. The zero-order valence-electron chi connectivity index (χ0n) is 12.9. The molecule has 2 heterocycles. The van der Waals surface area contributed by atoms with Crippen molar-refractivity contribution in [1.82, 2.24) is 24.6 Å². The molecule has 0 amide bonds. The number of H-pyrrole nitrogens is 1. The first-order chi connectivity index (χ1) is 10.1. The maximum atomic E-state index is 5.33. The standard InChI is InChI=1S/C15H23N5S/c1-12(2)19(3)9-4-5-10-20-14(17-18-15(20)21)13-7-6-8-16-11-13/h6-8,11-12H,4-5,9-10H2,1-3H3,(H,18,21). The van der Waals surface area contributed by atoms with Gasteiger partial charge in [0.05, 0.1) is 0 Å². The van der Waals surface area contributed by atoms with E-state index in [0.29, 0.717) is 10.8 Å². The van der Waals surface area contributed by atoms with Gasteiger partial charge in [0.1, 0.15) is 0 Å². The molecule has 114 valence electrons. The predicted molar refractivity (Wildman–Crippen MR) is 87.6 cm³/mol. The molecule has 0 radical (unpaired) electrons. The molecule has 0 unspecified atom stereocenters. The third-order valence-corrected chi connectivity index (χ3v) is 4.01. The highest BCUT2D eigenvalue weighted by atomic mass is 32.1. The summed E-state index contributed by atoms with van der Waals surface area (Å²) in [7, 11) is 2.16. The molecule has 0 atom stereocenters. The van der Waals surface area contributed by atoms with Crippen molar-refractivity contribution in [1.29, 1.82) is 0 Å². The van der Waals surface area contributed by atoms with Gasteiger partial charge in [0.25, 0.3) is 0 Å². The minimum atomic E-state index is 0.590. The third-order valence-electron chi connectivity index (χ3n) is 3.70. The van der Waals surface area contributed by atoms with E-state index in [1.165, 1.54) is 0 Å². The predicted octanol–water partition coefficient (Wildman–Crippen LogP) is 3.12. The number of rotatable bonds is 7. The molecule has 0 aliphatic heterocycles. The lowest BCUT2D eigenvalue weighted by Gasteiger charge is -2.20. The van der Waals surface area contributed by atoms with Crippen LogP contribution in [-0.2, 0) is 6.54 Å². The lowest BCUT2D eigenvalue weighted by Crippen LogP contribution is -2.27. The number of unbranched alkanes of at least 4 members (excludes halogenated alkanes) is 1. The highest BCUT2D eigenvalue weighted by Gasteiger charge is 2.09. The first kappa shape index (κ1) is 15.9. The van der Waals surface area contributed by atoms with Crippen LogP contribution in [0.5, 0.6) is 0 Å². The van der Waals surface area contributed by atoms with Crippen LogP contribution >= 0.6 is 12.2 Å². The van der Waals surface area contributed by atoms with Crippen molar-refractivity contribution >= 4 is 12.2 Å². The average molecular weight is 305 g/mol. The minimum absolute atomic E-state index is 0.590. The molecule has 0 saturated carbocycles. The monoisotopic (exact) mass is 305 g/mol. The Morgan fingerprint density at radius 3 is 2.86 bits per heavy atom. The van der Waals surface area contributed by atoms with Gasteiger partial charge >= 0.3 is 0 Å². The summed E-state index contributed by atoms with van der Waals surface area (Å²) < 4.78 is 2.73. The Labute approximate surface area is 131 Å². The first-order valence-corrected chi connectivity index (χ1v) is 7.76. The van der Waals surface area contributed by atoms with Crippen LogP contribution in [0.2, 0.25) is 0 Å². The minimum Gasteiger partial charge on any atom is -0.304 e. The Kier molecular flexibility index (Phi) is 5.64. The van der Waals surface area contributed by atoms with E-state index in [1.807, 2.05) is 18.3 Å². The van der Waals surface area contributed by atoms with E-state index in [0.717, 1.165) is 37.3 Å². The van der Waals surface area contributed by atoms with Gasteiger partial charge in [0.15, 0.2) is 10.6 Å². The summed E-state index contributed by atoms with van der Waals surface area (Å²) in [5, 5.41) is 7.20. The maximum Gasteiger partial charge on any atom is 0.195 e. The zero-order valence-corrected chi connectivity index (χ0v) is 13.7. The molecular formula is C15H23N5S. The van der Waals surface area contributed by atoms with Gasteiger partial charge in [-0.3, -0.25) is 10.1 Å². The molecular weight excluding hydrogens is 282 g/mol. The SMILES string of the molecule is CC(C)N(C)CCCCn1c(-c2cccnc2)n[nH]c1=S. The fourth-order valence-electron chi connectivity index (χ4n) is 2.13. The van der Waals surface area contributed by atoms with Crippen LogP contribution in [0.1, 0.15) is 26.7 Å². The van der Waals surface area contributed by atoms with Gasteiger partial charge in [0, 0.05) is 30.5 Å². The number of hydrogen-bond acceptors (Lipinski definition) is 4. The summed E-state index contributed by atoms with van der Waals surface area (Å²) in [5.74, 6) is 0.866. The molecule has 0 aliphatic carbocycles. The van der Waals surface area contributed by atoms with Gasteiger partial charge in [-0.15, -0.1) is 0 Å². The summed E-state index contributed by atoms with van der Waals surface area (Å²) in [5.41, 5.74) is 0.990. The average Bonchev–Trinajstić information content (AvgIpc) is 2.85. The molecule has 21 heavy (non-hydrogen) atoms. The molecule has 2 aromatic heterocycles. The smallest absolute Gasteiger partial charge is 0.195 e. The van der Waals surface area contributed by atoms with Gasteiger partial charge in [-0.2, -0.15) is 5.10 Å². The van der Waals surface area contributed by atoms with E-state index >= 15 is 0 Å². The molecule has 0 fully saturated rings. The first-order valence-electron chi connectivity index (χ1n) is 7.35. The second-order valence-corrected chi connectivity index (χ2v) is 5.91. The summed E-state index contributed by atoms with van der Waals surface area (Å²) >= 11 is 5.33. The van der Waals surface area contributed by atoms with Crippen molar-refractivity contribution in [2.45, 2.75) is 39.3 Å². The molecule has 0 bridgehead atoms. The van der Waals surface area contributed by atoms with Gasteiger partial charge < -0.3 is 9.47 Å². The maximum absolute atomic E-state index is 5.33. The Morgan fingerprint density at radius 1 is 1.38 bits per heavy atom. The summed E-state index contributed by atoms with van der Waals surface area (Å²) in [6.45, 7) is 6.41. The highest BCUT2D eigenvalue weighted by molar-refractivity contribution is 7.71. The van der Waals surface area contributed by atoms with Gasteiger partial charge in [-0.25, -0.2) is 0 Å². The van der Waals surface area contributed by atoms with E-state index in [4.69, 9.17) is 12.2 Å².